The standard InChI is InChI=1S/C26H27N3O3S2/c1-18-16-33-26(28-18)34-17-22-21-9-5-6-10-23(21)32-24(22)25(30)27-13-20-15-29(11-12-31-20)14-19-7-3-2-4-8-19/h2-10,16,20H,11-15,17H2,1H3,(H,27,30). The molecule has 2 aromatic carbocycles. The molecule has 0 radical (unpaired) electrons. The smallest absolute Gasteiger partial charge is 0.287 e. The lowest BCUT2D eigenvalue weighted by Crippen LogP contribution is -2.47. The zero-order valence-electron chi connectivity index (χ0n) is 19.0. The summed E-state index contributed by atoms with van der Waals surface area (Å²) in [5.41, 5.74) is 3.92. The van der Waals surface area contributed by atoms with Gasteiger partial charge in [-0.25, -0.2) is 4.98 Å². The fourth-order valence-electron chi connectivity index (χ4n) is 4.13. The van der Waals surface area contributed by atoms with Crippen LogP contribution in [0.15, 0.2) is 68.7 Å². The number of carbonyl (C=O) groups is 1. The Bertz CT molecular complexity index is 1250. The fourth-order valence-corrected chi connectivity index (χ4v) is 6.01. The maximum absolute atomic E-state index is 13.2. The van der Waals surface area contributed by atoms with Crippen LogP contribution < -0.4 is 5.32 Å². The van der Waals surface area contributed by atoms with Gasteiger partial charge in [0, 0.05) is 54.0 Å². The number of furan rings is 1. The van der Waals surface area contributed by atoms with E-state index in [0.717, 1.165) is 46.2 Å². The van der Waals surface area contributed by atoms with Gasteiger partial charge >= 0.3 is 0 Å². The van der Waals surface area contributed by atoms with Gasteiger partial charge in [0.15, 0.2) is 5.76 Å². The van der Waals surface area contributed by atoms with Crippen LogP contribution in [0, 0.1) is 6.92 Å². The third kappa shape index (κ3) is 5.52. The average molecular weight is 494 g/mol. The number of fused-ring (bicyclic) bond motifs is 1. The highest BCUT2D eigenvalue weighted by atomic mass is 32.2. The lowest BCUT2D eigenvalue weighted by Gasteiger charge is -2.33. The quantitative estimate of drug-likeness (QED) is 0.344. The molecule has 1 aliphatic heterocycles. The van der Waals surface area contributed by atoms with Crippen LogP contribution in [0.4, 0.5) is 0 Å². The zero-order valence-corrected chi connectivity index (χ0v) is 20.7. The van der Waals surface area contributed by atoms with Gasteiger partial charge in [-0.2, -0.15) is 0 Å². The van der Waals surface area contributed by atoms with Crippen LogP contribution in [0.2, 0.25) is 0 Å². The zero-order chi connectivity index (χ0) is 23.3. The molecule has 1 fully saturated rings. The van der Waals surface area contributed by atoms with Crippen LogP contribution in [-0.4, -0.2) is 48.1 Å². The molecule has 1 saturated heterocycles. The Balaban J connectivity index is 1.24. The second-order valence-corrected chi connectivity index (χ2v) is 10.5. The first-order valence-electron chi connectivity index (χ1n) is 11.4. The SMILES string of the molecule is Cc1csc(SCc2c(C(=O)NCC3CN(Cc4ccccc4)CCO3)oc3ccccc23)n1. The van der Waals surface area contributed by atoms with Crippen LogP contribution >= 0.6 is 23.1 Å². The monoisotopic (exact) mass is 493 g/mol. The summed E-state index contributed by atoms with van der Waals surface area (Å²) in [7, 11) is 0. The van der Waals surface area contributed by atoms with E-state index in [1.165, 1.54) is 5.56 Å². The molecule has 0 spiro atoms. The summed E-state index contributed by atoms with van der Waals surface area (Å²) in [5, 5.41) is 6.06. The predicted octanol–water partition coefficient (Wildman–Crippen LogP) is 5.12. The molecule has 176 valence electrons. The Hall–Kier alpha value is -2.65. The molecule has 0 bridgehead atoms. The molecule has 1 unspecified atom stereocenters. The van der Waals surface area contributed by atoms with E-state index in [1.807, 2.05) is 42.6 Å². The van der Waals surface area contributed by atoms with Crippen molar-refractivity contribution < 1.29 is 13.9 Å². The summed E-state index contributed by atoms with van der Waals surface area (Å²) in [5.74, 6) is 0.794. The second kappa shape index (κ2) is 10.7. The molecular weight excluding hydrogens is 466 g/mol. The fraction of sp³-hybridized carbons (Fsp3) is 0.308. The lowest BCUT2D eigenvalue weighted by atomic mass is 10.1. The Morgan fingerprint density at radius 3 is 2.85 bits per heavy atom. The molecular formula is C26H27N3O3S2. The Labute approximate surface area is 207 Å². The van der Waals surface area contributed by atoms with Gasteiger partial charge in [-0.1, -0.05) is 60.3 Å². The Morgan fingerprint density at radius 2 is 2.03 bits per heavy atom. The molecule has 1 N–H and O–H groups in total. The van der Waals surface area contributed by atoms with Gasteiger partial charge in [0.1, 0.15) is 9.92 Å². The molecule has 1 amide bonds. The highest BCUT2D eigenvalue weighted by Crippen LogP contribution is 2.33. The van der Waals surface area contributed by atoms with Crippen molar-refractivity contribution in [3.8, 4) is 0 Å². The Kier molecular flexibility index (Phi) is 7.30. The summed E-state index contributed by atoms with van der Waals surface area (Å²) >= 11 is 3.25. The van der Waals surface area contributed by atoms with Crippen molar-refractivity contribution >= 4 is 40.0 Å². The number of ether oxygens (including phenoxy) is 1. The molecule has 1 aliphatic rings. The van der Waals surface area contributed by atoms with Crippen LogP contribution in [0.3, 0.4) is 0 Å². The third-order valence-electron chi connectivity index (χ3n) is 5.80. The van der Waals surface area contributed by atoms with Crippen LogP contribution in [0.1, 0.15) is 27.4 Å². The number of hydrogen-bond donors (Lipinski definition) is 1. The number of carbonyl (C=O) groups excluding carboxylic acids is 1. The van der Waals surface area contributed by atoms with Crippen molar-refractivity contribution in [2.75, 3.05) is 26.2 Å². The van der Waals surface area contributed by atoms with E-state index < -0.39 is 0 Å². The average Bonchev–Trinajstić information content (AvgIpc) is 3.45. The van der Waals surface area contributed by atoms with Crippen molar-refractivity contribution in [3.63, 3.8) is 0 Å². The summed E-state index contributed by atoms with van der Waals surface area (Å²) in [6, 6.07) is 18.2. The maximum Gasteiger partial charge on any atom is 0.287 e. The number of thiazole rings is 1. The number of aromatic nitrogens is 1. The van der Waals surface area contributed by atoms with E-state index in [2.05, 4.69) is 39.5 Å². The number of thioether (sulfide) groups is 1. The summed E-state index contributed by atoms with van der Waals surface area (Å²) in [4.78, 5) is 20.1. The number of morpholine rings is 1. The molecule has 0 saturated carbocycles. The first-order valence-corrected chi connectivity index (χ1v) is 13.2. The van der Waals surface area contributed by atoms with Crippen molar-refractivity contribution in [3.05, 3.63) is 82.6 Å². The normalized spacial score (nSPS) is 16.7. The minimum absolute atomic E-state index is 0.0538. The van der Waals surface area contributed by atoms with Gasteiger partial charge in [-0.3, -0.25) is 9.69 Å². The van der Waals surface area contributed by atoms with Crippen LogP contribution in [-0.2, 0) is 17.0 Å². The highest BCUT2D eigenvalue weighted by Gasteiger charge is 2.24. The largest absolute Gasteiger partial charge is 0.451 e. The van der Waals surface area contributed by atoms with E-state index in [0.29, 0.717) is 24.7 Å². The van der Waals surface area contributed by atoms with Gasteiger partial charge in [0.2, 0.25) is 0 Å². The Morgan fingerprint density at radius 1 is 1.21 bits per heavy atom. The molecule has 4 aromatic rings. The molecule has 3 heterocycles. The van der Waals surface area contributed by atoms with Gasteiger partial charge in [0.25, 0.3) is 5.91 Å². The number of amides is 1. The number of aryl methyl sites for hydroxylation is 1. The minimum atomic E-state index is -0.203. The van der Waals surface area contributed by atoms with Gasteiger partial charge in [-0.05, 0) is 18.6 Å². The molecule has 8 heteroatoms. The predicted molar refractivity (Wildman–Crippen MR) is 136 cm³/mol. The van der Waals surface area contributed by atoms with E-state index in [4.69, 9.17) is 9.15 Å². The lowest BCUT2D eigenvalue weighted by molar-refractivity contribution is -0.0293. The molecule has 5 rings (SSSR count). The van der Waals surface area contributed by atoms with E-state index >= 15 is 0 Å². The molecule has 2 aromatic heterocycles. The topological polar surface area (TPSA) is 67.6 Å². The van der Waals surface area contributed by atoms with Crippen LogP contribution in [0.5, 0.6) is 0 Å². The molecule has 34 heavy (non-hydrogen) atoms. The number of nitrogens with zero attached hydrogens (tertiary/aromatic N) is 2. The van der Waals surface area contributed by atoms with Crippen molar-refractivity contribution in [2.24, 2.45) is 0 Å². The van der Waals surface area contributed by atoms with Crippen molar-refractivity contribution in [2.45, 2.75) is 29.7 Å². The van der Waals surface area contributed by atoms with E-state index in [-0.39, 0.29) is 12.0 Å². The number of nitrogens with one attached hydrogen (secondary N) is 1. The van der Waals surface area contributed by atoms with Crippen molar-refractivity contribution in [1.82, 2.24) is 15.2 Å². The number of para-hydroxylation sites is 1. The van der Waals surface area contributed by atoms with E-state index in [9.17, 15) is 4.79 Å². The van der Waals surface area contributed by atoms with Gasteiger partial charge in [0.05, 0.1) is 12.7 Å². The number of benzene rings is 2. The van der Waals surface area contributed by atoms with E-state index in [1.54, 1.807) is 23.1 Å². The molecule has 6 nitrogen and oxygen atoms in total. The molecule has 1 atom stereocenters. The minimum Gasteiger partial charge on any atom is -0.451 e. The summed E-state index contributed by atoms with van der Waals surface area (Å²) < 4.78 is 12.9. The number of rotatable bonds is 8. The van der Waals surface area contributed by atoms with Gasteiger partial charge in [-0.15, -0.1) is 11.3 Å². The van der Waals surface area contributed by atoms with Gasteiger partial charge < -0.3 is 14.5 Å². The highest BCUT2D eigenvalue weighted by molar-refractivity contribution is 8.00. The summed E-state index contributed by atoms with van der Waals surface area (Å²) in [6.07, 6.45) is -0.0538. The summed E-state index contributed by atoms with van der Waals surface area (Å²) in [6.45, 7) is 5.64. The van der Waals surface area contributed by atoms with Crippen LogP contribution in [0.25, 0.3) is 11.0 Å². The first-order chi connectivity index (χ1) is 16.7. The third-order valence-corrected chi connectivity index (χ3v) is 7.97. The second-order valence-electron chi connectivity index (χ2n) is 8.37. The first kappa shape index (κ1) is 23.1. The molecule has 0 aliphatic carbocycles. The maximum atomic E-state index is 13.2. The number of hydrogen-bond acceptors (Lipinski definition) is 7. The van der Waals surface area contributed by atoms with Crippen molar-refractivity contribution in [1.29, 1.82) is 0 Å².